The first-order valence-electron chi connectivity index (χ1n) is 7.31. The van der Waals surface area contributed by atoms with Gasteiger partial charge in [0.05, 0.1) is 24.8 Å². The summed E-state index contributed by atoms with van der Waals surface area (Å²) < 4.78 is 5.62. The predicted molar refractivity (Wildman–Crippen MR) is 82.1 cm³/mol. The molecule has 1 aromatic rings. The normalized spacial score (nSPS) is 10.2. The van der Waals surface area contributed by atoms with Crippen molar-refractivity contribution in [1.82, 2.24) is 10.2 Å². The molecule has 0 unspecified atom stereocenters. The van der Waals surface area contributed by atoms with Gasteiger partial charge in [0, 0.05) is 13.1 Å². The Balaban J connectivity index is 2.25. The Kier molecular flexibility index (Phi) is 7.92. The van der Waals surface area contributed by atoms with Gasteiger partial charge in [-0.1, -0.05) is 6.92 Å². The Bertz CT molecular complexity index is 465. The molecule has 1 rings (SSSR count). The molecule has 0 aliphatic heterocycles. The lowest BCUT2D eigenvalue weighted by Crippen LogP contribution is -2.37. The Labute approximate surface area is 126 Å². The van der Waals surface area contributed by atoms with Crippen LogP contribution in [-0.4, -0.2) is 43.6 Å². The summed E-state index contributed by atoms with van der Waals surface area (Å²) in [5.41, 5.74) is 0.626. The van der Waals surface area contributed by atoms with Gasteiger partial charge in [0.25, 0.3) is 0 Å². The van der Waals surface area contributed by atoms with E-state index in [4.69, 9.17) is 10.00 Å². The second kappa shape index (κ2) is 9.78. The van der Waals surface area contributed by atoms with E-state index in [1.807, 2.05) is 13.8 Å². The van der Waals surface area contributed by atoms with Gasteiger partial charge in [-0.2, -0.15) is 5.26 Å². The molecule has 0 heterocycles. The highest BCUT2D eigenvalue weighted by Crippen LogP contribution is 2.11. The second-order valence-corrected chi connectivity index (χ2v) is 4.66. The van der Waals surface area contributed by atoms with Crippen LogP contribution in [-0.2, 0) is 4.79 Å². The van der Waals surface area contributed by atoms with Crippen LogP contribution in [0.15, 0.2) is 24.3 Å². The van der Waals surface area contributed by atoms with Crippen LogP contribution in [0.3, 0.4) is 0 Å². The van der Waals surface area contributed by atoms with Crippen molar-refractivity contribution in [3.8, 4) is 11.8 Å². The first-order valence-corrected chi connectivity index (χ1v) is 7.31. The molecule has 21 heavy (non-hydrogen) atoms. The van der Waals surface area contributed by atoms with Crippen molar-refractivity contribution in [3.05, 3.63) is 29.8 Å². The van der Waals surface area contributed by atoms with Crippen molar-refractivity contribution in [1.29, 1.82) is 5.26 Å². The van der Waals surface area contributed by atoms with Gasteiger partial charge in [0.2, 0.25) is 5.91 Å². The van der Waals surface area contributed by atoms with E-state index < -0.39 is 0 Å². The number of amides is 1. The van der Waals surface area contributed by atoms with Gasteiger partial charge in [-0.25, -0.2) is 0 Å². The summed E-state index contributed by atoms with van der Waals surface area (Å²) in [6.07, 6.45) is 0.854. The highest BCUT2D eigenvalue weighted by Gasteiger charge is 2.07. The molecule has 0 radical (unpaired) electrons. The number of hydrogen-bond donors (Lipinski definition) is 1. The lowest BCUT2D eigenvalue weighted by atomic mass is 10.2. The summed E-state index contributed by atoms with van der Waals surface area (Å²) in [5.74, 6) is 0.827. The van der Waals surface area contributed by atoms with E-state index in [1.54, 1.807) is 24.3 Å². The molecule has 1 N–H and O–H groups in total. The topological polar surface area (TPSA) is 65.4 Å². The van der Waals surface area contributed by atoms with Crippen LogP contribution < -0.4 is 10.1 Å². The minimum atomic E-state index is 0.0624. The number of rotatable bonds is 9. The van der Waals surface area contributed by atoms with Crippen LogP contribution in [0.2, 0.25) is 0 Å². The Morgan fingerprint density at radius 1 is 1.33 bits per heavy atom. The molecule has 0 fully saturated rings. The molecule has 5 nitrogen and oxygen atoms in total. The maximum Gasteiger partial charge on any atom is 0.234 e. The highest BCUT2D eigenvalue weighted by molar-refractivity contribution is 5.77. The number of nitriles is 1. The summed E-state index contributed by atoms with van der Waals surface area (Å²) in [7, 11) is 0. The molecule has 1 amide bonds. The van der Waals surface area contributed by atoms with Gasteiger partial charge < -0.3 is 10.1 Å². The van der Waals surface area contributed by atoms with Gasteiger partial charge in [-0.05, 0) is 44.2 Å². The third kappa shape index (κ3) is 6.77. The van der Waals surface area contributed by atoms with Crippen LogP contribution >= 0.6 is 0 Å². The summed E-state index contributed by atoms with van der Waals surface area (Å²) in [5, 5.41) is 11.5. The molecule has 0 aromatic heterocycles. The monoisotopic (exact) mass is 289 g/mol. The average Bonchev–Trinajstić information content (AvgIpc) is 2.51. The van der Waals surface area contributed by atoms with E-state index in [1.165, 1.54) is 0 Å². The fraction of sp³-hybridized carbons (Fsp3) is 0.500. The number of carbonyl (C=O) groups is 1. The van der Waals surface area contributed by atoms with Crippen LogP contribution in [0.25, 0.3) is 0 Å². The molecule has 5 heteroatoms. The van der Waals surface area contributed by atoms with Gasteiger partial charge in [0.15, 0.2) is 0 Å². The fourth-order valence-electron chi connectivity index (χ4n) is 1.91. The Morgan fingerprint density at radius 2 is 2.05 bits per heavy atom. The van der Waals surface area contributed by atoms with E-state index in [-0.39, 0.29) is 5.91 Å². The van der Waals surface area contributed by atoms with E-state index in [2.05, 4.69) is 16.3 Å². The zero-order valence-electron chi connectivity index (χ0n) is 12.8. The van der Waals surface area contributed by atoms with Crippen LogP contribution in [0.1, 0.15) is 25.8 Å². The van der Waals surface area contributed by atoms with E-state index >= 15 is 0 Å². The van der Waals surface area contributed by atoms with E-state index in [9.17, 15) is 4.79 Å². The molecule has 0 saturated heterocycles. The molecule has 0 atom stereocenters. The van der Waals surface area contributed by atoms with Crippen molar-refractivity contribution in [3.63, 3.8) is 0 Å². The number of ether oxygens (including phenoxy) is 1. The number of carbonyl (C=O) groups excluding carboxylic acids is 1. The smallest absolute Gasteiger partial charge is 0.234 e. The molecule has 0 bridgehead atoms. The van der Waals surface area contributed by atoms with Gasteiger partial charge in [-0.3, -0.25) is 9.69 Å². The quantitative estimate of drug-likeness (QED) is 0.704. The largest absolute Gasteiger partial charge is 0.494 e. The summed E-state index contributed by atoms with van der Waals surface area (Å²) >= 11 is 0. The second-order valence-electron chi connectivity index (χ2n) is 4.66. The van der Waals surface area contributed by atoms with Gasteiger partial charge in [-0.15, -0.1) is 0 Å². The maximum atomic E-state index is 11.5. The van der Waals surface area contributed by atoms with Crippen LogP contribution in [0.5, 0.6) is 5.75 Å². The van der Waals surface area contributed by atoms with E-state index in [0.717, 1.165) is 25.3 Å². The molecule has 0 aliphatic rings. The van der Waals surface area contributed by atoms with Crippen molar-refractivity contribution in [2.45, 2.75) is 20.3 Å². The highest BCUT2D eigenvalue weighted by atomic mass is 16.5. The zero-order valence-corrected chi connectivity index (χ0v) is 12.8. The first kappa shape index (κ1) is 17.0. The SMILES string of the molecule is CCNC(=O)CN(CC)CCCOc1ccc(C#N)cc1. The molecule has 0 saturated carbocycles. The molecule has 114 valence electrons. The molecule has 0 aliphatic carbocycles. The number of nitrogens with zero attached hydrogens (tertiary/aromatic N) is 2. The van der Waals surface area contributed by atoms with Crippen molar-refractivity contribution < 1.29 is 9.53 Å². The summed E-state index contributed by atoms with van der Waals surface area (Å²) in [4.78, 5) is 13.6. The third-order valence-corrected chi connectivity index (χ3v) is 3.06. The minimum absolute atomic E-state index is 0.0624. The number of hydrogen-bond acceptors (Lipinski definition) is 4. The van der Waals surface area contributed by atoms with Crippen LogP contribution in [0.4, 0.5) is 0 Å². The fourth-order valence-corrected chi connectivity index (χ4v) is 1.91. The lowest BCUT2D eigenvalue weighted by Gasteiger charge is -2.19. The summed E-state index contributed by atoms with van der Waals surface area (Å²) in [6.45, 7) is 7.31. The van der Waals surface area contributed by atoms with Crippen molar-refractivity contribution in [2.75, 3.05) is 32.8 Å². The van der Waals surface area contributed by atoms with E-state index in [0.29, 0.717) is 25.3 Å². The number of likely N-dealkylation sites (N-methyl/N-ethyl adjacent to an activating group) is 2. The zero-order chi connectivity index (χ0) is 15.5. The maximum absolute atomic E-state index is 11.5. The molecule has 1 aromatic carbocycles. The van der Waals surface area contributed by atoms with Gasteiger partial charge in [0.1, 0.15) is 5.75 Å². The first-order chi connectivity index (χ1) is 10.2. The average molecular weight is 289 g/mol. The predicted octanol–water partition coefficient (Wildman–Crippen LogP) is 1.79. The minimum Gasteiger partial charge on any atom is -0.494 e. The number of nitrogens with one attached hydrogen (secondary N) is 1. The van der Waals surface area contributed by atoms with Crippen LogP contribution in [0, 0.1) is 11.3 Å². The Morgan fingerprint density at radius 3 is 2.62 bits per heavy atom. The van der Waals surface area contributed by atoms with Crippen molar-refractivity contribution in [2.24, 2.45) is 0 Å². The molecular formula is C16H23N3O2. The van der Waals surface area contributed by atoms with Crippen molar-refractivity contribution >= 4 is 5.91 Å². The number of benzene rings is 1. The molecule has 0 spiro atoms. The lowest BCUT2D eigenvalue weighted by molar-refractivity contribution is -0.122. The molecular weight excluding hydrogens is 266 g/mol. The Hall–Kier alpha value is -2.06. The van der Waals surface area contributed by atoms with Gasteiger partial charge >= 0.3 is 0 Å². The standard InChI is InChI=1S/C16H23N3O2/c1-3-18-16(20)13-19(4-2)10-5-11-21-15-8-6-14(12-17)7-9-15/h6-9H,3-5,10-11,13H2,1-2H3,(H,18,20). The summed E-state index contributed by atoms with van der Waals surface area (Å²) in [6, 6.07) is 9.14. The third-order valence-electron chi connectivity index (χ3n) is 3.06.